The van der Waals surface area contributed by atoms with Gasteiger partial charge in [0, 0.05) is 45.2 Å². The number of piperazine rings is 1. The smallest absolute Gasteiger partial charge is 0.217 e. The van der Waals surface area contributed by atoms with Gasteiger partial charge in [0.25, 0.3) is 0 Å². The molecule has 0 atom stereocenters. The highest BCUT2D eigenvalue weighted by molar-refractivity contribution is 5.73. The maximum absolute atomic E-state index is 11.1. The summed E-state index contributed by atoms with van der Waals surface area (Å²) in [6.45, 7) is 10.1. The average molecular weight is 267 g/mol. The van der Waals surface area contributed by atoms with Crippen LogP contribution in [0.1, 0.15) is 46.0 Å². The summed E-state index contributed by atoms with van der Waals surface area (Å²) in [5.74, 6) is 0.122. The molecule has 1 N–H and O–H groups in total. The Morgan fingerprint density at radius 2 is 1.74 bits per heavy atom. The van der Waals surface area contributed by atoms with Crippen LogP contribution < -0.4 is 5.32 Å². The fraction of sp³-hybridized carbons (Fsp3) is 0.933. The lowest BCUT2D eigenvalue weighted by molar-refractivity contribution is -0.119. The van der Waals surface area contributed by atoms with E-state index in [4.69, 9.17) is 0 Å². The van der Waals surface area contributed by atoms with Crippen LogP contribution in [-0.4, -0.2) is 60.5 Å². The first-order valence-corrected chi connectivity index (χ1v) is 7.92. The Labute approximate surface area is 117 Å². The maximum Gasteiger partial charge on any atom is 0.217 e. The third-order valence-corrected chi connectivity index (χ3v) is 4.57. The topological polar surface area (TPSA) is 35.6 Å². The van der Waals surface area contributed by atoms with Gasteiger partial charge < -0.3 is 10.2 Å². The van der Waals surface area contributed by atoms with Gasteiger partial charge in [-0.3, -0.25) is 9.69 Å². The fourth-order valence-electron chi connectivity index (χ4n) is 3.54. The molecule has 1 aliphatic heterocycles. The van der Waals surface area contributed by atoms with Crippen molar-refractivity contribution in [3.63, 3.8) is 0 Å². The van der Waals surface area contributed by atoms with Crippen molar-refractivity contribution in [3.8, 4) is 0 Å². The summed E-state index contributed by atoms with van der Waals surface area (Å²) < 4.78 is 0. The van der Waals surface area contributed by atoms with E-state index in [1.54, 1.807) is 6.92 Å². The molecular weight excluding hydrogens is 238 g/mol. The molecule has 0 bridgehead atoms. The number of amides is 1. The summed E-state index contributed by atoms with van der Waals surface area (Å²) in [5.41, 5.74) is 0. The van der Waals surface area contributed by atoms with Gasteiger partial charge in [-0.15, -0.1) is 0 Å². The molecule has 0 aromatic heterocycles. The molecule has 110 valence electrons. The average Bonchev–Trinajstić information content (AvgIpc) is 2.40. The number of hydrogen-bond acceptors (Lipinski definition) is 3. The van der Waals surface area contributed by atoms with Crippen LogP contribution in [-0.2, 0) is 4.79 Å². The van der Waals surface area contributed by atoms with E-state index < -0.39 is 0 Å². The molecule has 0 aromatic rings. The lowest BCUT2D eigenvalue weighted by Crippen LogP contribution is -2.52. The molecule has 0 spiro atoms. The summed E-state index contributed by atoms with van der Waals surface area (Å²) >= 11 is 0. The van der Waals surface area contributed by atoms with E-state index in [2.05, 4.69) is 22.0 Å². The molecule has 4 heteroatoms. The Morgan fingerprint density at radius 3 is 2.26 bits per heavy atom. The number of nitrogens with one attached hydrogen (secondary N) is 1. The molecule has 2 fully saturated rings. The van der Waals surface area contributed by atoms with E-state index in [-0.39, 0.29) is 5.91 Å². The molecule has 0 unspecified atom stereocenters. The quantitative estimate of drug-likeness (QED) is 0.837. The summed E-state index contributed by atoms with van der Waals surface area (Å²) in [6, 6.07) is 1.18. The first-order chi connectivity index (χ1) is 9.19. The van der Waals surface area contributed by atoms with Crippen LogP contribution in [0.2, 0.25) is 0 Å². The van der Waals surface area contributed by atoms with Gasteiger partial charge >= 0.3 is 0 Å². The Bertz CT molecular complexity index is 279. The first-order valence-electron chi connectivity index (χ1n) is 7.92. The van der Waals surface area contributed by atoms with E-state index in [1.807, 2.05) is 0 Å². The second kappa shape index (κ2) is 7.25. The SMILES string of the molecule is CCCN1CCN(C2CCC(NC(C)=O)CC2)CC1. The number of nitrogens with zero attached hydrogens (tertiary/aromatic N) is 2. The zero-order valence-electron chi connectivity index (χ0n) is 12.5. The molecule has 1 saturated heterocycles. The normalized spacial score (nSPS) is 30.2. The van der Waals surface area contributed by atoms with Gasteiger partial charge in [-0.05, 0) is 38.6 Å². The van der Waals surface area contributed by atoms with Gasteiger partial charge in [0.05, 0.1) is 0 Å². The molecule has 0 radical (unpaired) electrons. The Hall–Kier alpha value is -0.610. The molecule has 1 saturated carbocycles. The molecule has 2 aliphatic rings. The van der Waals surface area contributed by atoms with Crippen LogP contribution in [0.5, 0.6) is 0 Å². The van der Waals surface area contributed by atoms with Crippen molar-refractivity contribution >= 4 is 5.91 Å². The van der Waals surface area contributed by atoms with Crippen molar-refractivity contribution in [3.05, 3.63) is 0 Å². The minimum Gasteiger partial charge on any atom is -0.354 e. The van der Waals surface area contributed by atoms with Crippen molar-refractivity contribution in [2.45, 2.75) is 58.0 Å². The fourth-order valence-corrected chi connectivity index (χ4v) is 3.54. The molecule has 2 rings (SSSR count). The highest BCUT2D eigenvalue weighted by Crippen LogP contribution is 2.24. The Morgan fingerprint density at radius 1 is 1.11 bits per heavy atom. The zero-order valence-corrected chi connectivity index (χ0v) is 12.5. The lowest BCUT2D eigenvalue weighted by atomic mass is 9.89. The molecule has 19 heavy (non-hydrogen) atoms. The highest BCUT2D eigenvalue weighted by Gasteiger charge is 2.28. The van der Waals surface area contributed by atoms with E-state index in [0.717, 1.165) is 18.9 Å². The molecule has 1 amide bonds. The predicted molar refractivity (Wildman–Crippen MR) is 78.2 cm³/mol. The molecule has 4 nitrogen and oxygen atoms in total. The van der Waals surface area contributed by atoms with E-state index >= 15 is 0 Å². The van der Waals surface area contributed by atoms with Crippen LogP contribution in [0, 0.1) is 0 Å². The van der Waals surface area contributed by atoms with Crippen molar-refractivity contribution in [1.29, 1.82) is 0 Å². The Balaban J connectivity index is 1.69. The van der Waals surface area contributed by atoms with Gasteiger partial charge in [0.2, 0.25) is 5.91 Å². The van der Waals surface area contributed by atoms with Gasteiger partial charge in [-0.1, -0.05) is 6.92 Å². The number of carbonyl (C=O) groups is 1. The van der Waals surface area contributed by atoms with Crippen molar-refractivity contribution in [1.82, 2.24) is 15.1 Å². The zero-order chi connectivity index (χ0) is 13.7. The van der Waals surface area contributed by atoms with E-state index in [0.29, 0.717) is 6.04 Å². The summed E-state index contributed by atoms with van der Waals surface area (Å²) in [7, 11) is 0. The van der Waals surface area contributed by atoms with Crippen LogP contribution >= 0.6 is 0 Å². The minimum atomic E-state index is 0.122. The lowest BCUT2D eigenvalue weighted by Gasteiger charge is -2.42. The van der Waals surface area contributed by atoms with Crippen molar-refractivity contribution in [2.75, 3.05) is 32.7 Å². The summed E-state index contributed by atoms with van der Waals surface area (Å²) in [6.07, 6.45) is 6.07. The van der Waals surface area contributed by atoms with Gasteiger partial charge in [-0.25, -0.2) is 0 Å². The third-order valence-electron chi connectivity index (χ3n) is 4.57. The Kier molecular flexibility index (Phi) is 5.64. The van der Waals surface area contributed by atoms with Gasteiger partial charge in [0.15, 0.2) is 0 Å². The standard InChI is InChI=1S/C15H29N3O/c1-3-8-17-9-11-18(12-10-17)15-6-4-14(5-7-15)16-13(2)19/h14-15H,3-12H2,1-2H3,(H,16,19). The van der Waals surface area contributed by atoms with Gasteiger partial charge in [0.1, 0.15) is 0 Å². The second-order valence-electron chi connectivity index (χ2n) is 6.08. The van der Waals surface area contributed by atoms with E-state index in [9.17, 15) is 4.79 Å². The van der Waals surface area contributed by atoms with Crippen LogP contribution in [0.4, 0.5) is 0 Å². The molecular formula is C15H29N3O. The maximum atomic E-state index is 11.1. The largest absolute Gasteiger partial charge is 0.354 e. The van der Waals surface area contributed by atoms with Crippen LogP contribution in [0.25, 0.3) is 0 Å². The van der Waals surface area contributed by atoms with Crippen molar-refractivity contribution in [2.24, 2.45) is 0 Å². The van der Waals surface area contributed by atoms with Crippen LogP contribution in [0.3, 0.4) is 0 Å². The number of carbonyl (C=O) groups excluding carboxylic acids is 1. The molecule has 1 heterocycles. The van der Waals surface area contributed by atoms with Gasteiger partial charge in [-0.2, -0.15) is 0 Å². The number of hydrogen-bond donors (Lipinski definition) is 1. The molecule has 1 aliphatic carbocycles. The summed E-state index contributed by atoms with van der Waals surface area (Å²) in [5, 5.41) is 3.06. The van der Waals surface area contributed by atoms with Crippen molar-refractivity contribution < 1.29 is 4.79 Å². The molecule has 0 aromatic carbocycles. The van der Waals surface area contributed by atoms with E-state index in [1.165, 1.54) is 52.0 Å². The van der Waals surface area contributed by atoms with Crippen LogP contribution in [0.15, 0.2) is 0 Å². The third kappa shape index (κ3) is 4.46. The number of rotatable bonds is 4. The highest BCUT2D eigenvalue weighted by atomic mass is 16.1. The summed E-state index contributed by atoms with van der Waals surface area (Å²) in [4.78, 5) is 16.3. The monoisotopic (exact) mass is 267 g/mol. The minimum absolute atomic E-state index is 0.122. The first kappa shape index (κ1) is 14.8. The second-order valence-corrected chi connectivity index (χ2v) is 6.08. The predicted octanol–water partition coefficient (Wildman–Crippen LogP) is 1.46.